The van der Waals surface area contributed by atoms with Crippen molar-refractivity contribution in [3.05, 3.63) is 24.3 Å². The summed E-state index contributed by atoms with van der Waals surface area (Å²) in [6.45, 7) is 6.07. The molecule has 3 rings (SSSR count). The molecule has 0 saturated heterocycles. The molecule has 0 saturated carbocycles. The number of aryl methyl sites for hydroxylation is 2. The lowest BCUT2D eigenvalue weighted by Gasteiger charge is -2.02. The Bertz CT molecular complexity index is 981. The number of nitrogens with two attached hydrogens (primary N) is 2. The molecule has 0 aliphatic rings. The molecule has 0 spiro atoms. The second kappa shape index (κ2) is 16.8. The van der Waals surface area contributed by atoms with Crippen molar-refractivity contribution in [1.29, 1.82) is 0 Å². The van der Waals surface area contributed by atoms with Crippen LogP contribution in [0.4, 0.5) is 11.8 Å². The predicted molar refractivity (Wildman–Crippen MR) is 152 cm³/mol. The molecular weight excluding hydrogens is 476 g/mol. The molecule has 210 valence electrons. The summed E-state index contributed by atoms with van der Waals surface area (Å²) in [4.78, 5) is 0. The van der Waals surface area contributed by atoms with E-state index in [2.05, 4.69) is 30.5 Å². The van der Waals surface area contributed by atoms with Crippen LogP contribution >= 0.6 is 0 Å². The van der Waals surface area contributed by atoms with Crippen molar-refractivity contribution in [2.75, 3.05) is 11.5 Å². The fourth-order valence-corrected chi connectivity index (χ4v) is 5.10. The fourth-order valence-electron chi connectivity index (χ4n) is 5.10. The van der Waals surface area contributed by atoms with Gasteiger partial charge in [-0.2, -0.15) is 0 Å². The Labute approximate surface area is 228 Å². The van der Waals surface area contributed by atoms with Crippen molar-refractivity contribution in [3.63, 3.8) is 0 Å². The number of unbranched alkanes of at least 4 members (excludes halogenated alkanes) is 14. The minimum Gasteiger partial charge on any atom is -0.362 e. The minimum atomic E-state index is 0.326. The second-order valence-electron chi connectivity index (χ2n) is 10.5. The molecule has 0 radical (unpaired) electrons. The summed E-state index contributed by atoms with van der Waals surface area (Å²) in [5.41, 5.74) is 15.9. The third-order valence-electron chi connectivity index (χ3n) is 7.31. The summed E-state index contributed by atoms with van der Waals surface area (Å²) < 4.78 is 14.5. The number of aromatic nitrogens is 4. The van der Waals surface area contributed by atoms with E-state index in [0.717, 1.165) is 48.4 Å². The van der Waals surface area contributed by atoms with Gasteiger partial charge in [0, 0.05) is 12.8 Å². The van der Waals surface area contributed by atoms with Gasteiger partial charge in [-0.05, 0) is 40.4 Å². The summed E-state index contributed by atoms with van der Waals surface area (Å²) >= 11 is 0. The molecule has 4 N–H and O–H groups in total. The summed E-state index contributed by atoms with van der Waals surface area (Å²) in [5, 5.41) is 8.43. The van der Waals surface area contributed by atoms with Crippen LogP contribution in [-0.2, 0) is 13.1 Å². The second-order valence-corrected chi connectivity index (χ2v) is 10.5. The van der Waals surface area contributed by atoms with Gasteiger partial charge in [0.1, 0.15) is 0 Å². The maximum absolute atomic E-state index is 6.22. The molecule has 0 atom stereocenters. The van der Waals surface area contributed by atoms with Gasteiger partial charge >= 0.3 is 23.2 Å². The number of benzene rings is 1. The van der Waals surface area contributed by atoms with Crippen LogP contribution in [0.15, 0.2) is 33.3 Å². The molecule has 0 fully saturated rings. The Hall–Kier alpha value is -2.90. The van der Waals surface area contributed by atoms with Gasteiger partial charge in [0.05, 0.1) is 11.1 Å². The van der Waals surface area contributed by atoms with E-state index in [0.29, 0.717) is 11.8 Å². The summed E-state index contributed by atoms with van der Waals surface area (Å²) in [6, 6.07) is 8.14. The first-order valence-corrected chi connectivity index (χ1v) is 15.1. The molecule has 0 amide bonds. The van der Waals surface area contributed by atoms with Crippen LogP contribution in [0.3, 0.4) is 0 Å². The van der Waals surface area contributed by atoms with Gasteiger partial charge in [-0.1, -0.05) is 97.0 Å². The van der Waals surface area contributed by atoms with Crippen LogP contribution in [0.5, 0.6) is 0 Å². The Morgan fingerprint density at radius 3 is 1.34 bits per heavy atom. The average Bonchev–Trinajstić information content (AvgIpc) is 3.48. The van der Waals surface area contributed by atoms with Crippen LogP contribution in [0.1, 0.15) is 117 Å². The Balaban J connectivity index is 1.59. The maximum atomic E-state index is 6.22. The molecule has 38 heavy (non-hydrogen) atoms. The van der Waals surface area contributed by atoms with Gasteiger partial charge in [0.15, 0.2) is 13.1 Å². The molecule has 2 aromatic heterocycles. The van der Waals surface area contributed by atoms with Gasteiger partial charge in [-0.15, -0.1) is 0 Å². The third-order valence-corrected chi connectivity index (χ3v) is 7.31. The number of hydrogen-bond acceptors (Lipinski definition) is 6. The zero-order valence-electron chi connectivity index (χ0n) is 23.8. The zero-order valence-corrected chi connectivity index (χ0v) is 23.8. The highest BCUT2D eigenvalue weighted by Crippen LogP contribution is 2.29. The maximum Gasteiger partial charge on any atom is 0.304 e. The predicted octanol–water partition coefficient (Wildman–Crippen LogP) is 7.02. The summed E-state index contributed by atoms with van der Waals surface area (Å²) in [6.07, 6.45) is 20.2. The van der Waals surface area contributed by atoms with E-state index in [-0.39, 0.29) is 0 Å². The number of hydrogen-bond donors (Lipinski definition) is 2. The van der Waals surface area contributed by atoms with Crippen LogP contribution < -0.4 is 20.8 Å². The van der Waals surface area contributed by atoms with Crippen LogP contribution in [0, 0.1) is 0 Å². The van der Waals surface area contributed by atoms with Crippen LogP contribution in [0.25, 0.3) is 22.5 Å². The van der Waals surface area contributed by atoms with Crippen molar-refractivity contribution in [2.24, 2.45) is 0 Å². The first-order valence-electron chi connectivity index (χ1n) is 15.1. The van der Waals surface area contributed by atoms with E-state index in [1.807, 2.05) is 27.6 Å². The number of nitrogen functional groups attached to an aromatic ring is 2. The Morgan fingerprint density at radius 1 is 0.579 bits per heavy atom. The van der Waals surface area contributed by atoms with Gasteiger partial charge in [-0.25, -0.2) is 0 Å². The lowest BCUT2D eigenvalue weighted by Crippen LogP contribution is -2.38. The first-order chi connectivity index (χ1) is 18.7. The lowest BCUT2D eigenvalue weighted by atomic mass is 10.0. The zero-order chi connectivity index (χ0) is 27.0. The highest BCUT2D eigenvalue weighted by atomic mass is 16.5. The van der Waals surface area contributed by atoms with Crippen molar-refractivity contribution in [1.82, 2.24) is 10.5 Å². The van der Waals surface area contributed by atoms with E-state index >= 15 is 0 Å². The Kier molecular flexibility index (Phi) is 13.1. The molecule has 1 aromatic carbocycles. The smallest absolute Gasteiger partial charge is 0.304 e. The van der Waals surface area contributed by atoms with Gasteiger partial charge in [0.25, 0.3) is 0 Å². The third kappa shape index (κ3) is 9.14. The molecule has 0 aliphatic heterocycles. The topological polar surface area (TPSA) is 112 Å². The average molecular weight is 527 g/mol. The molecule has 3 aromatic rings. The van der Waals surface area contributed by atoms with E-state index in [1.165, 1.54) is 89.9 Å². The van der Waals surface area contributed by atoms with Gasteiger partial charge < -0.3 is 11.5 Å². The van der Waals surface area contributed by atoms with Crippen LogP contribution in [-0.4, -0.2) is 10.5 Å². The number of nitrogens with zero attached hydrogens (tertiary/aromatic N) is 4. The van der Waals surface area contributed by atoms with Crippen LogP contribution in [0.2, 0.25) is 0 Å². The fraction of sp³-hybridized carbons (Fsp3) is 0.667. The van der Waals surface area contributed by atoms with Gasteiger partial charge in [-0.3, -0.25) is 9.05 Å². The number of rotatable bonds is 20. The molecule has 8 heteroatoms. The molecule has 8 nitrogen and oxygen atoms in total. The monoisotopic (exact) mass is 526 g/mol. The largest absolute Gasteiger partial charge is 0.362 e. The summed E-state index contributed by atoms with van der Waals surface area (Å²) in [7, 11) is 0. The SMILES string of the molecule is CCCCCCCCCC[n+]1noc(N)c1-c1cccc(-c2c(N)on[n+]2CCCCCCCCCC)c1. The van der Waals surface area contributed by atoms with E-state index in [9.17, 15) is 0 Å². The quantitative estimate of drug-likeness (QED) is 0.121. The van der Waals surface area contributed by atoms with Crippen molar-refractivity contribution in [2.45, 2.75) is 130 Å². The Morgan fingerprint density at radius 2 is 0.947 bits per heavy atom. The highest BCUT2D eigenvalue weighted by Gasteiger charge is 2.28. The van der Waals surface area contributed by atoms with Crippen molar-refractivity contribution in [3.8, 4) is 22.5 Å². The standard InChI is InChI=1S/C30H50N6O2/c1-3-5-7-9-11-13-15-17-22-35-27(29(31)37-33-35)25-20-19-21-26(24-25)28-30(32)38-34-36(28)23-18-16-14-12-10-8-6-4-2/h19-21,24H,3-18,22-23,31-32H2,1-2H3/q+2. The first kappa shape index (κ1) is 29.7. The normalized spacial score (nSPS) is 11.4. The lowest BCUT2D eigenvalue weighted by molar-refractivity contribution is -0.753. The molecule has 0 aliphatic carbocycles. The van der Waals surface area contributed by atoms with E-state index in [4.69, 9.17) is 20.5 Å². The number of anilines is 2. The van der Waals surface area contributed by atoms with E-state index in [1.54, 1.807) is 0 Å². The minimum absolute atomic E-state index is 0.326. The van der Waals surface area contributed by atoms with E-state index < -0.39 is 0 Å². The van der Waals surface area contributed by atoms with Crippen molar-refractivity contribution >= 4 is 11.8 Å². The van der Waals surface area contributed by atoms with Gasteiger partial charge in [0.2, 0.25) is 10.5 Å². The summed E-state index contributed by atoms with van der Waals surface area (Å²) in [5.74, 6) is 0.652. The molecule has 0 bridgehead atoms. The molecule has 2 heterocycles. The highest BCUT2D eigenvalue weighted by molar-refractivity contribution is 5.74. The van der Waals surface area contributed by atoms with Crippen molar-refractivity contribution < 1.29 is 18.4 Å². The molecule has 0 unspecified atom stereocenters. The molecular formula is C30H50N6O2+2.